The van der Waals surface area contributed by atoms with Gasteiger partial charge in [0.1, 0.15) is 5.82 Å². The van der Waals surface area contributed by atoms with Crippen LogP contribution in [0, 0.1) is 5.41 Å². The number of hydrogen-bond acceptors (Lipinski definition) is 3. The SMILES string of the molecule is CCNc1cc(C(=O)NCC2(C)CCCCC2)ccn1. The van der Waals surface area contributed by atoms with Gasteiger partial charge >= 0.3 is 0 Å². The van der Waals surface area contributed by atoms with Gasteiger partial charge in [0.15, 0.2) is 0 Å². The third-order valence-corrected chi connectivity index (χ3v) is 4.12. The molecule has 0 spiro atoms. The Morgan fingerprint density at radius 2 is 2.10 bits per heavy atom. The molecule has 1 fully saturated rings. The van der Waals surface area contributed by atoms with Gasteiger partial charge in [0.25, 0.3) is 5.91 Å². The molecule has 1 saturated carbocycles. The molecule has 4 heteroatoms. The van der Waals surface area contributed by atoms with Crippen molar-refractivity contribution in [2.45, 2.75) is 46.0 Å². The molecule has 2 N–H and O–H groups in total. The van der Waals surface area contributed by atoms with Gasteiger partial charge in [-0.3, -0.25) is 4.79 Å². The zero-order valence-corrected chi connectivity index (χ0v) is 12.5. The highest BCUT2D eigenvalue weighted by Gasteiger charge is 2.27. The van der Waals surface area contributed by atoms with Crippen molar-refractivity contribution in [1.82, 2.24) is 10.3 Å². The fourth-order valence-corrected chi connectivity index (χ4v) is 2.83. The second kappa shape index (κ2) is 6.73. The summed E-state index contributed by atoms with van der Waals surface area (Å²) in [5, 5.41) is 6.21. The van der Waals surface area contributed by atoms with Gasteiger partial charge in [0.2, 0.25) is 0 Å². The predicted octanol–water partition coefficient (Wildman–Crippen LogP) is 3.21. The van der Waals surface area contributed by atoms with Gasteiger partial charge in [-0.15, -0.1) is 0 Å². The molecule has 0 unspecified atom stereocenters. The first-order chi connectivity index (χ1) is 9.63. The summed E-state index contributed by atoms with van der Waals surface area (Å²) >= 11 is 0. The monoisotopic (exact) mass is 275 g/mol. The van der Waals surface area contributed by atoms with Crippen LogP contribution in [-0.2, 0) is 0 Å². The number of anilines is 1. The molecule has 1 aromatic rings. The molecule has 0 saturated heterocycles. The Morgan fingerprint density at radius 1 is 1.35 bits per heavy atom. The number of carbonyl (C=O) groups excluding carboxylic acids is 1. The van der Waals surface area contributed by atoms with Crippen molar-refractivity contribution >= 4 is 11.7 Å². The quantitative estimate of drug-likeness (QED) is 0.867. The van der Waals surface area contributed by atoms with E-state index in [-0.39, 0.29) is 11.3 Å². The van der Waals surface area contributed by atoms with Gasteiger partial charge in [0, 0.05) is 24.8 Å². The van der Waals surface area contributed by atoms with Gasteiger partial charge in [0.05, 0.1) is 0 Å². The zero-order chi connectivity index (χ0) is 14.4. The van der Waals surface area contributed by atoms with E-state index in [1.54, 1.807) is 12.3 Å². The number of carbonyl (C=O) groups is 1. The topological polar surface area (TPSA) is 54.0 Å². The summed E-state index contributed by atoms with van der Waals surface area (Å²) in [6, 6.07) is 3.57. The minimum Gasteiger partial charge on any atom is -0.370 e. The Kier molecular flexibility index (Phi) is 4.99. The molecule has 0 aromatic carbocycles. The van der Waals surface area contributed by atoms with Crippen LogP contribution >= 0.6 is 0 Å². The highest BCUT2D eigenvalue weighted by Crippen LogP contribution is 2.34. The molecule has 4 nitrogen and oxygen atoms in total. The standard InChI is InChI=1S/C16H25N3O/c1-3-17-14-11-13(7-10-18-14)15(20)19-12-16(2)8-5-4-6-9-16/h7,10-11H,3-6,8-9,12H2,1-2H3,(H,17,18)(H,19,20). The highest BCUT2D eigenvalue weighted by atomic mass is 16.1. The smallest absolute Gasteiger partial charge is 0.251 e. The molecule has 0 radical (unpaired) electrons. The summed E-state index contributed by atoms with van der Waals surface area (Å²) < 4.78 is 0. The van der Waals surface area contributed by atoms with Gasteiger partial charge < -0.3 is 10.6 Å². The minimum absolute atomic E-state index is 0.00153. The van der Waals surface area contributed by atoms with Crippen LogP contribution in [0.25, 0.3) is 0 Å². The van der Waals surface area contributed by atoms with Crippen LogP contribution in [0.1, 0.15) is 56.3 Å². The molecular formula is C16H25N3O. The lowest BCUT2D eigenvalue weighted by Crippen LogP contribution is -2.37. The molecule has 0 bridgehead atoms. The summed E-state index contributed by atoms with van der Waals surface area (Å²) in [6.45, 7) is 5.86. The van der Waals surface area contributed by atoms with E-state index in [9.17, 15) is 4.79 Å². The molecule has 1 heterocycles. The Morgan fingerprint density at radius 3 is 2.80 bits per heavy atom. The lowest BCUT2D eigenvalue weighted by molar-refractivity contribution is 0.0919. The molecule has 110 valence electrons. The molecule has 0 atom stereocenters. The first-order valence-electron chi connectivity index (χ1n) is 7.61. The minimum atomic E-state index is -0.00153. The van der Waals surface area contributed by atoms with Crippen LogP contribution in [0.2, 0.25) is 0 Å². The van der Waals surface area contributed by atoms with Gasteiger partial charge in [-0.05, 0) is 37.3 Å². The van der Waals surface area contributed by atoms with Crippen LogP contribution in [0.3, 0.4) is 0 Å². The van der Waals surface area contributed by atoms with E-state index in [2.05, 4.69) is 22.5 Å². The van der Waals surface area contributed by atoms with E-state index in [1.165, 1.54) is 32.1 Å². The summed E-state index contributed by atoms with van der Waals surface area (Å²) in [4.78, 5) is 16.4. The van der Waals surface area contributed by atoms with Gasteiger partial charge in [-0.25, -0.2) is 4.98 Å². The summed E-state index contributed by atoms with van der Waals surface area (Å²) in [5.41, 5.74) is 0.946. The van der Waals surface area contributed by atoms with E-state index in [4.69, 9.17) is 0 Å². The lowest BCUT2D eigenvalue weighted by atomic mass is 9.76. The summed E-state index contributed by atoms with van der Waals surface area (Å²) in [7, 11) is 0. The third kappa shape index (κ3) is 3.95. The number of rotatable bonds is 5. The summed E-state index contributed by atoms with van der Waals surface area (Å²) in [6.07, 6.45) is 8.01. The van der Waals surface area contributed by atoms with Crippen LogP contribution in [0.15, 0.2) is 18.3 Å². The molecule has 1 aliphatic carbocycles. The van der Waals surface area contributed by atoms with E-state index < -0.39 is 0 Å². The lowest BCUT2D eigenvalue weighted by Gasteiger charge is -2.33. The molecule has 20 heavy (non-hydrogen) atoms. The maximum absolute atomic E-state index is 12.2. The largest absolute Gasteiger partial charge is 0.370 e. The number of pyridine rings is 1. The predicted molar refractivity (Wildman–Crippen MR) is 81.9 cm³/mol. The van der Waals surface area contributed by atoms with Gasteiger partial charge in [-0.1, -0.05) is 26.2 Å². The fraction of sp³-hybridized carbons (Fsp3) is 0.625. The molecule has 0 aliphatic heterocycles. The van der Waals surface area contributed by atoms with Crippen LogP contribution in [0.5, 0.6) is 0 Å². The zero-order valence-electron chi connectivity index (χ0n) is 12.5. The van der Waals surface area contributed by atoms with Crippen molar-refractivity contribution < 1.29 is 4.79 Å². The van der Waals surface area contributed by atoms with Crippen LogP contribution < -0.4 is 10.6 Å². The number of aromatic nitrogens is 1. The number of amides is 1. The van der Waals surface area contributed by atoms with Crippen molar-refractivity contribution in [3.8, 4) is 0 Å². The second-order valence-electron chi connectivity index (χ2n) is 6.01. The molecular weight excluding hydrogens is 250 g/mol. The van der Waals surface area contributed by atoms with E-state index in [0.717, 1.165) is 18.9 Å². The third-order valence-electron chi connectivity index (χ3n) is 4.12. The highest BCUT2D eigenvalue weighted by molar-refractivity contribution is 5.94. The van der Waals surface area contributed by atoms with Crippen molar-refractivity contribution in [2.24, 2.45) is 5.41 Å². The maximum Gasteiger partial charge on any atom is 0.251 e. The van der Waals surface area contributed by atoms with E-state index in [1.807, 2.05) is 13.0 Å². The number of nitrogens with one attached hydrogen (secondary N) is 2. The van der Waals surface area contributed by atoms with Crippen LogP contribution in [-0.4, -0.2) is 24.0 Å². The Balaban J connectivity index is 1.92. The molecule has 2 rings (SSSR count). The molecule has 1 aromatic heterocycles. The maximum atomic E-state index is 12.2. The number of hydrogen-bond donors (Lipinski definition) is 2. The van der Waals surface area contributed by atoms with Gasteiger partial charge in [-0.2, -0.15) is 0 Å². The van der Waals surface area contributed by atoms with Crippen LogP contribution in [0.4, 0.5) is 5.82 Å². The number of nitrogens with zero attached hydrogens (tertiary/aromatic N) is 1. The van der Waals surface area contributed by atoms with Crippen molar-refractivity contribution in [2.75, 3.05) is 18.4 Å². The average Bonchev–Trinajstić information content (AvgIpc) is 2.46. The first-order valence-corrected chi connectivity index (χ1v) is 7.61. The van der Waals surface area contributed by atoms with Crippen molar-refractivity contribution in [3.63, 3.8) is 0 Å². The first kappa shape index (κ1) is 14.8. The Labute approximate surface area is 121 Å². The van der Waals surface area contributed by atoms with E-state index in [0.29, 0.717) is 5.56 Å². The average molecular weight is 275 g/mol. The fourth-order valence-electron chi connectivity index (χ4n) is 2.83. The normalized spacial score (nSPS) is 17.5. The second-order valence-corrected chi connectivity index (χ2v) is 6.01. The Bertz CT molecular complexity index is 453. The van der Waals surface area contributed by atoms with E-state index >= 15 is 0 Å². The molecule has 1 amide bonds. The Hall–Kier alpha value is -1.58. The summed E-state index contributed by atoms with van der Waals surface area (Å²) in [5.74, 6) is 0.752. The van der Waals surface area contributed by atoms with Crippen molar-refractivity contribution in [3.05, 3.63) is 23.9 Å². The van der Waals surface area contributed by atoms with Crippen molar-refractivity contribution in [1.29, 1.82) is 0 Å². The molecule has 1 aliphatic rings.